The summed E-state index contributed by atoms with van der Waals surface area (Å²) < 4.78 is 0. The van der Waals surface area contributed by atoms with Crippen LogP contribution in [0.5, 0.6) is 0 Å². The molecule has 1 heterocycles. The molecule has 0 radical (unpaired) electrons. The number of hydrogen-bond donors (Lipinski definition) is 1. The molecule has 2 unspecified atom stereocenters. The predicted octanol–water partition coefficient (Wildman–Crippen LogP) is 3.51. The summed E-state index contributed by atoms with van der Waals surface area (Å²) in [7, 11) is 0. The number of benzene rings is 1. The average molecular weight is 342 g/mol. The molecular weight excluding hydrogens is 312 g/mol. The van der Waals surface area contributed by atoms with Crippen LogP contribution in [0.3, 0.4) is 0 Å². The zero-order chi connectivity index (χ0) is 18.0. The minimum absolute atomic E-state index is 0.0300. The minimum atomic E-state index is -0.455. The van der Waals surface area contributed by atoms with E-state index in [4.69, 9.17) is 0 Å². The third-order valence-corrected chi connectivity index (χ3v) is 5.58. The van der Waals surface area contributed by atoms with Gasteiger partial charge in [0.1, 0.15) is 12.1 Å². The standard InChI is InChI=1S/C21H30N2O2/c1-21(2,3)18-20(25)23(14-15-10-6-4-7-11-15)17(19(24)22-18)16-12-8-5-9-13-16/h4,6-7,10-11,16-18H,5,8-9,12-14H2,1-3H3,(H,22,24). The number of hydrogen-bond acceptors (Lipinski definition) is 2. The molecule has 3 rings (SSSR count). The van der Waals surface area contributed by atoms with E-state index in [-0.39, 0.29) is 29.2 Å². The highest BCUT2D eigenvalue weighted by atomic mass is 16.2. The highest BCUT2D eigenvalue weighted by Crippen LogP contribution is 2.34. The van der Waals surface area contributed by atoms with Crippen molar-refractivity contribution >= 4 is 11.8 Å². The first-order chi connectivity index (χ1) is 11.9. The Morgan fingerprint density at radius 3 is 2.28 bits per heavy atom. The molecule has 1 saturated heterocycles. The summed E-state index contributed by atoms with van der Waals surface area (Å²) in [6, 6.07) is 9.23. The molecule has 2 amide bonds. The van der Waals surface area contributed by atoms with Crippen molar-refractivity contribution in [3.05, 3.63) is 35.9 Å². The second-order valence-electron chi connectivity index (χ2n) is 8.60. The molecule has 0 spiro atoms. The smallest absolute Gasteiger partial charge is 0.246 e. The molecule has 2 aliphatic rings. The summed E-state index contributed by atoms with van der Waals surface area (Å²) in [6.45, 7) is 6.55. The summed E-state index contributed by atoms with van der Waals surface area (Å²) in [5, 5.41) is 3.04. The highest BCUT2D eigenvalue weighted by molar-refractivity contribution is 5.97. The van der Waals surface area contributed by atoms with Crippen LogP contribution in [-0.2, 0) is 16.1 Å². The van der Waals surface area contributed by atoms with E-state index in [0.29, 0.717) is 6.54 Å². The topological polar surface area (TPSA) is 49.4 Å². The van der Waals surface area contributed by atoms with Crippen LogP contribution in [0.1, 0.15) is 58.4 Å². The Morgan fingerprint density at radius 2 is 1.68 bits per heavy atom. The van der Waals surface area contributed by atoms with E-state index in [2.05, 4.69) is 5.32 Å². The molecule has 0 aromatic heterocycles. The summed E-state index contributed by atoms with van der Waals surface area (Å²) >= 11 is 0. The van der Waals surface area contributed by atoms with Gasteiger partial charge in [-0.2, -0.15) is 0 Å². The molecular formula is C21H30N2O2. The van der Waals surface area contributed by atoms with Gasteiger partial charge in [-0.05, 0) is 29.7 Å². The Hall–Kier alpha value is -1.84. The minimum Gasteiger partial charge on any atom is -0.342 e. The number of carbonyl (C=O) groups is 2. The lowest BCUT2D eigenvalue weighted by atomic mass is 9.78. The molecule has 1 saturated carbocycles. The quantitative estimate of drug-likeness (QED) is 0.914. The van der Waals surface area contributed by atoms with Gasteiger partial charge in [0.2, 0.25) is 11.8 Å². The second-order valence-corrected chi connectivity index (χ2v) is 8.60. The Kier molecular flexibility index (Phi) is 5.16. The molecule has 2 atom stereocenters. The molecule has 136 valence electrons. The van der Waals surface area contributed by atoms with Crippen molar-refractivity contribution in [1.82, 2.24) is 10.2 Å². The van der Waals surface area contributed by atoms with E-state index in [0.717, 1.165) is 31.2 Å². The van der Waals surface area contributed by atoms with Gasteiger partial charge >= 0.3 is 0 Å². The Labute approximate surface area is 151 Å². The van der Waals surface area contributed by atoms with E-state index >= 15 is 0 Å². The molecule has 25 heavy (non-hydrogen) atoms. The summed E-state index contributed by atoms with van der Waals surface area (Å²) in [5.41, 5.74) is 0.790. The SMILES string of the molecule is CC(C)(C)C1NC(=O)C(C2CCCCC2)N(Cc2ccccc2)C1=O. The van der Waals surface area contributed by atoms with Crippen LogP contribution in [0.25, 0.3) is 0 Å². The molecule has 4 nitrogen and oxygen atoms in total. The largest absolute Gasteiger partial charge is 0.342 e. The molecule has 0 bridgehead atoms. The van der Waals surface area contributed by atoms with Crippen LogP contribution in [0, 0.1) is 11.3 Å². The fourth-order valence-corrected chi connectivity index (χ4v) is 4.20. The lowest BCUT2D eigenvalue weighted by Crippen LogP contribution is -2.67. The lowest BCUT2D eigenvalue weighted by molar-refractivity contribution is -0.156. The Balaban J connectivity index is 1.91. The van der Waals surface area contributed by atoms with Gasteiger partial charge in [0.05, 0.1) is 0 Å². The maximum Gasteiger partial charge on any atom is 0.246 e. The van der Waals surface area contributed by atoms with Crippen molar-refractivity contribution in [3.8, 4) is 0 Å². The zero-order valence-corrected chi connectivity index (χ0v) is 15.6. The maximum atomic E-state index is 13.3. The third kappa shape index (κ3) is 3.88. The van der Waals surface area contributed by atoms with Gasteiger partial charge in [0, 0.05) is 6.54 Å². The first-order valence-corrected chi connectivity index (χ1v) is 9.53. The lowest BCUT2D eigenvalue weighted by Gasteiger charge is -2.46. The van der Waals surface area contributed by atoms with Gasteiger partial charge < -0.3 is 10.2 Å². The first kappa shape index (κ1) is 18.0. The number of nitrogens with one attached hydrogen (secondary N) is 1. The highest BCUT2D eigenvalue weighted by Gasteiger charge is 2.47. The van der Waals surface area contributed by atoms with Crippen LogP contribution < -0.4 is 5.32 Å². The fraction of sp³-hybridized carbons (Fsp3) is 0.619. The van der Waals surface area contributed by atoms with Gasteiger partial charge in [-0.15, -0.1) is 0 Å². The molecule has 1 N–H and O–H groups in total. The van der Waals surface area contributed by atoms with Crippen molar-refractivity contribution in [2.45, 2.75) is 71.5 Å². The van der Waals surface area contributed by atoms with Crippen molar-refractivity contribution in [2.24, 2.45) is 11.3 Å². The number of nitrogens with zero attached hydrogens (tertiary/aromatic N) is 1. The number of carbonyl (C=O) groups excluding carboxylic acids is 2. The first-order valence-electron chi connectivity index (χ1n) is 9.53. The van der Waals surface area contributed by atoms with Crippen molar-refractivity contribution < 1.29 is 9.59 Å². The number of rotatable bonds is 3. The van der Waals surface area contributed by atoms with E-state index < -0.39 is 6.04 Å². The number of amides is 2. The van der Waals surface area contributed by atoms with Gasteiger partial charge in [-0.3, -0.25) is 9.59 Å². The van der Waals surface area contributed by atoms with Gasteiger partial charge in [0.15, 0.2) is 0 Å². The fourth-order valence-electron chi connectivity index (χ4n) is 4.20. The molecule has 1 aliphatic heterocycles. The third-order valence-electron chi connectivity index (χ3n) is 5.58. The Bertz CT molecular complexity index is 615. The van der Waals surface area contributed by atoms with Crippen molar-refractivity contribution in [3.63, 3.8) is 0 Å². The molecule has 4 heteroatoms. The van der Waals surface area contributed by atoms with E-state index in [1.807, 2.05) is 56.0 Å². The van der Waals surface area contributed by atoms with Crippen LogP contribution in [0.4, 0.5) is 0 Å². The molecule has 1 aromatic rings. The van der Waals surface area contributed by atoms with Gasteiger partial charge in [-0.1, -0.05) is 70.4 Å². The van der Waals surface area contributed by atoms with Crippen LogP contribution in [0.2, 0.25) is 0 Å². The van der Waals surface area contributed by atoms with Crippen LogP contribution >= 0.6 is 0 Å². The van der Waals surface area contributed by atoms with E-state index in [1.165, 1.54) is 6.42 Å². The predicted molar refractivity (Wildman–Crippen MR) is 98.7 cm³/mol. The summed E-state index contributed by atoms with van der Waals surface area (Å²) in [6.07, 6.45) is 5.63. The van der Waals surface area contributed by atoms with E-state index in [1.54, 1.807) is 0 Å². The van der Waals surface area contributed by atoms with Crippen LogP contribution in [-0.4, -0.2) is 28.8 Å². The van der Waals surface area contributed by atoms with E-state index in [9.17, 15) is 9.59 Å². The van der Waals surface area contributed by atoms with Gasteiger partial charge in [0.25, 0.3) is 0 Å². The molecule has 1 aliphatic carbocycles. The monoisotopic (exact) mass is 342 g/mol. The maximum absolute atomic E-state index is 13.3. The summed E-state index contributed by atoms with van der Waals surface area (Å²) in [4.78, 5) is 28.1. The second kappa shape index (κ2) is 7.19. The van der Waals surface area contributed by atoms with Gasteiger partial charge in [-0.25, -0.2) is 0 Å². The summed E-state index contributed by atoms with van der Waals surface area (Å²) in [5.74, 6) is 0.371. The normalized spacial score (nSPS) is 25.8. The zero-order valence-electron chi connectivity index (χ0n) is 15.6. The molecule has 1 aromatic carbocycles. The Morgan fingerprint density at radius 1 is 1.04 bits per heavy atom. The number of piperazine rings is 1. The molecule has 2 fully saturated rings. The van der Waals surface area contributed by atoms with Crippen molar-refractivity contribution in [2.75, 3.05) is 0 Å². The average Bonchev–Trinajstić information content (AvgIpc) is 2.59. The van der Waals surface area contributed by atoms with Crippen LogP contribution in [0.15, 0.2) is 30.3 Å². The van der Waals surface area contributed by atoms with Crippen molar-refractivity contribution in [1.29, 1.82) is 0 Å².